The predicted octanol–water partition coefficient (Wildman–Crippen LogP) is -0.149. The van der Waals surface area contributed by atoms with Gasteiger partial charge in [-0.1, -0.05) is 0 Å². The van der Waals surface area contributed by atoms with Crippen LogP contribution >= 0.6 is 0 Å². The average Bonchev–Trinajstić information content (AvgIpc) is 1.68. The molecule has 0 rings (SSSR count). The van der Waals surface area contributed by atoms with Gasteiger partial charge >= 0.3 is 0 Å². The smallest absolute Gasteiger partial charge is 0.245 e. The lowest BCUT2D eigenvalue weighted by Gasteiger charge is -1.88. The summed E-state index contributed by atoms with van der Waals surface area (Å²) >= 11 is 0. The minimum atomic E-state index is -0.730. The second-order valence-electron chi connectivity index (χ2n) is 0.974. The standard InChI is InChI=1S/C3H6FNO2/c4-2-1-3(6)5-7/h7H,1-2H2,(H,5,6). The van der Waals surface area contributed by atoms with Crippen LogP contribution in [0.2, 0.25) is 0 Å². The molecule has 0 bridgehead atoms. The molecule has 0 atom stereocenters. The molecule has 4 heteroatoms. The first-order valence-electron chi connectivity index (χ1n) is 1.80. The lowest BCUT2D eigenvalue weighted by Crippen LogP contribution is -2.18. The number of hydroxylamine groups is 1. The van der Waals surface area contributed by atoms with Gasteiger partial charge in [-0.2, -0.15) is 0 Å². The van der Waals surface area contributed by atoms with Crippen molar-refractivity contribution in [1.29, 1.82) is 0 Å². The maximum Gasteiger partial charge on any atom is 0.245 e. The van der Waals surface area contributed by atoms with Crippen LogP contribution in [0.15, 0.2) is 0 Å². The molecule has 42 valence electrons. The zero-order valence-electron chi connectivity index (χ0n) is 3.65. The Morgan fingerprint density at radius 2 is 2.43 bits per heavy atom. The molecule has 0 aliphatic heterocycles. The van der Waals surface area contributed by atoms with Crippen LogP contribution in [-0.4, -0.2) is 17.8 Å². The predicted molar refractivity (Wildman–Crippen MR) is 20.5 cm³/mol. The maximum absolute atomic E-state index is 11.1. The lowest BCUT2D eigenvalue weighted by atomic mass is 10.5. The van der Waals surface area contributed by atoms with E-state index >= 15 is 0 Å². The van der Waals surface area contributed by atoms with Crippen LogP contribution in [0.3, 0.4) is 0 Å². The van der Waals surface area contributed by atoms with Gasteiger partial charge in [-0.15, -0.1) is 0 Å². The van der Waals surface area contributed by atoms with Gasteiger partial charge in [-0.25, -0.2) is 5.48 Å². The third-order valence-corrected chi connectivity index (χ3v) is 0.446. The number of rotatable bonds is 2. The summed E-state index contributed by atoms with van der Waals surface area (Å²) in [5.41, 5.74) is 1.29. The number of carbonyl (C=O) groups excluding carboxylic acids is 1. The van der Waals surface area contributed by atoms with E-state index < -0.39 is 12.6 Å². The minimum Gasteiger partial charge on any atom is -0.289 e. The van der Waals surface area contributed by atoms with Crippen molar-refractivity contribution in [2.45, 2.75) is 6.42 Å². The SMILES string of the molecule is O=C(CCF)NO. The summed E-state index contributed by atoms with van der Waals surface area (Å²) in [5.74, 6) is -0.692. The molecule has 0 saturated carbocycles. The lowest BCUT2D eigenvalue weighted by molar-refractivity contribution is -0.129. The molecule has 0 fully saturated rings. The molecule has 0 unspecified atom stereocenters. The first kappa shape index (κ1) is 6.36. The summed E-state index contributed by atoms with van der Waals surface area (Å²) in [6.07, 6.45) is -0.267. The van der Waals surface area contributed by atoms with Gasteiger partial charge in [0.25, 0.3) is 0 Å². The van der Waals surface area contributed by atoms with E-state index in [1.807, 2.05) is 0 Å². The number of hydrogen-bond donors (Lipinski definition) is 2. The quantitative estimate of drug-likeness (QED) is 0.381. The second-order valence-corrected chi connectivity index (χ2v) is 0.974. The third-order valence-electron chi connectivity index (χ3n) is 0.446. The summed E-state index contributed by atoms with van der Waals surface area (Å²) in [4.78, 5) is 9.81. The van der Waals surface area contributed by atoms with Crippen LogP contribution in [0, 0.1) is 0 Å². The fraction of sp³-hybridized carbons (Fsp3) is 0.667. The molecule has 0 aliphatic carbocycles. The van der Waals surface area contributed by atoms with Crippen molar-refractivity contribution in [3.8, 4) is 0 Å². The van der Waals surface area contributed by atoms with Gasteiger partial charge in [0.15, 0.2) is 0 Å². The number of nitrogens with one attached hydrogen (secondary N) is 1. The monoisotopic (exact) mass is 107 g/mol. The normalized spacial score (nSPS) is 8.29. The first-order chi connectivity index (χ1) is 3.31. The Bertz CT molecular complexity index is 66.0. The zero-order chi connectivity index (χ0) is 5.70. The molecule has 2 N–H and O–H groups in total. The molecule has 0 spiro atoms. The molecule has 0 aliphatic rings. The Hall–Kier alpha value is -0.640. The highest BCUT2D eigenvalue weighted by molar-refractivity contribution is 5.74. The van der Waals surface area contributed by atoms with E-state index in [1.54, 1.807) is 0 Å². The summed E-state index contributed by atoms with van der Waals surface area (Å²) in [6.45, 7) is -0.730. The minimum absolute atomic E-state index is 0.267. The van der Waals surface area contributed by atoms with Crippen molar-refractivity contribution in [1.82, 2.24) is 5.48 Å². The van der Waals surface area contributed by atoms with Crippen LogP contribution in [0.5, 0.6) is 0 Å². The van der Waals surface area contributed by atoms with Gasteiger partial charge < -0.3 is 0 Å². The van der Waals surface area contributed by atoms with E-state index in [4.69, 9.17) is 5.21 Å². The van der Waals surface area contributed by atoms with E-state index in [0.717, 1.165) is 0 Å². The molecule has 1 amide bonds. The number of alkyl halides is 1. The second kappa shape index (κ2) is 3.55. The number of hydrogen-bond acceptors (Lipinski definition) is 2. The van der Waals surface area contributed by atoms with Crippen molar-refractivity contribution >= 4 is 5.91 Å². The molecule has 3 nitrogen and oxygen atoms in total. The highest BCUT2D eigenvalue weighted by atomic mass is 19.1. The van der Waals surface area contributed by atoms with Crippen molar-refractivity contribution < 1.29 is 14.4 Å². The van der Waals surface area contributed by atoms with Crippen LogP contribution in [0.25, 0.3) is 0 Å². The summed E-state index contributed by atoms with van der Waals surface area (Å²) in [6, 6.07) is 0. The Morgan fingerprint density at radius 1 is 1.86 bits per heavy atom. The van der Waals surface area contributed by atoms with Gasteiger partial charge in [0.1, 0.15) is 0 Å². The van der Waals surface area contributed by atoms with Gasteiger partial charge in [-0.05, 0) is 0 Å². The topological polar surface area (TPSA) is 49.3 Å². The van der Waals surface area contributed by atoms with Gasteiger partial charge in [0.2, 0.25) is 5.91 Å². The number of carbonyl (C=O) groups is 1. The molecule has 0 heterocycles. The molecule has 0 radical (unpaired) electrons. The maximum atomic E-state index is 11.1. The zero-order valence-corrected chi connectivity index (χ0v) is 3.65. The highest BCUT2D eigenvalue weighted by Crippen LogP contribution is 1.76. The highest BCUT2D eigenvalue weighted by Gasteiger charge is 1.93. The molecule has 0 aromatic heterocycles. The van der Waals surface area contributed by atoms with E-state index in [9.17, 15) is 9.18 Å². The molecular weight excluding hydrogens is 101 g/mol. The summed E-state index contributed by atoms with van der Waals surface area (Å²) in [5, 5.41) is 7.70. The Morgan fingerprint density at radius 3 is 2.57 bits per heavy atom. The fourth-order valence-corrected chi connectivity index (χ4v) is 0.142. The van der Waals surface area contributed by atoms with Crippen LogP contribution in [0.1, 0.15) is 6.42 Å². The molecular formula is C3H6FNO2. The molecule has 0 aromatic rings. The van der Waals surface area contributed by atoms with E-state index in [-0.39, 0.29) is 6.42 Å². The largest absolute Gasteiger partial charge is 0.289 e. The third kappa shape index (κ3) is 3.18. The summed E-state index contributed by atoms with van der Waals surface area (Å²) < 4.78 is 11.1. The Labute approximate surface area is 40.1 Å². The van der Waals surface area contributed by atoms with Crippen molar-refractivity contribution in [3.05, 3.63) is 0 Å². The van der Waals surface area contributed by atoms with Crippen LogP contribution in [0.4, 0.5) is 4.39 Å². The van der Waals surface area contributed by atoms with Gasteiger partial charge in [0, 0.05) is 0 Å². The first-order valence-corrected chi connectivity index (χ1v) is 1.80. The van der Waals surface area contributed by atoms with Crippen LogP contribution < -0.4 is 5.48 Å². The Balaban J connectivity index is 3.00. The van der Waals surface area contributed by atoms with Crippen LogP contribution in [-0.2, 0) is 4.79 Å². The molecule has 0 saturated heterocycles. The van der Waals surface area contributed by atoms with E-state index in [1.165, 1.54) is 5.48 Å². The fourth-order valence-electron chi connectivity index (χ4n) is 0.142. The van der Waals surface area contributed by atoms with Crippen molar-refractivity contribution in [2.24, 2.45) is 0 Å². The Kier molecular flexibility index (Phi) is 3.22. The molecule has 0 aromatic carbocycles. The van der Waals surface area contributed by atoms with E-state index in [0.29, 0.717) is 0 Å². The van der Waals surface area contributed by atoms with Gasteiger partial charge in [0.05, 0.1) is 13.1 Å². The summed E-state index contributed by atoms with van der Waals surface area (Å²) in [7, 11) is 0. The molecule has 7 heavy (non-hydrogen) atoms. The van der Waals surface area contributed by atoms with Crippen molar-refractivity contribution in [3.63, 3.8) is 0 Å². The van der Waals surface area contributed by atoms with Crippen molar-refractivity contribution in [2.75, 3.05) is 6.67 Å². The average molecular weight is 107 g/mol. The number of halogens is 1. The van der Waals surface area contributed by atoms with Gasteiger partial charge in [-0.3, -0.25) is 14.4 Å². The number of amides is 1. The van der Waals surface area contributed by atoms with E-state index in [2.05, 4.69) is 0 Å².